The highest BCUT2D eigenvalue weighted by Gasteiger charge is 2.28. The summed E-state index contributed by atoms with van der Waals surface area (Å²) in [6.45, 7) is 0. The molecular formula is C13H15FN2O. The molecule has 1 aromatic carbocycles. The molecule has 0 aliphatic heterocycles. The van der Waals surface area contributed by atoms with Crippen LogP contribution in [0.25, 0.3) is 0 Å². The topological polar surface area (TPSA) is 70.0 Å². The lowest BCUT2D eigenvalue weighted by molar-refractivity contribution is 0.391. The van der Waals surface area contributed by atoms with Crippen LogP contribution in [0.5, 0.6) is 5.75 Å². The number of halogens is 1. The third kappa shape index (κ3) is 2.11. The van der Waals surface area contributed by atoms with Gasteiger partial charge >= 0.3 is 0 Å². The molecule has 0 aromatic heterocycles. The molecule has 0 saturated heterocycles. The van der Waals surface area contributed by atoms with Gasteiger partial charge in [-0.1, -0.05) is 12.8 Å². The lowest BCUT2D eigenvalue weighted by atomic mass is 9.89. The molecule has 3 nitrogen and oxygen atoms in total. The van der Waals surface area contributed by atoms with Crippen LogP contribution in [0.4, 0.5) is 4.39 Å². The number of rotatable bonds is 2. The zero-order chi connectivity index (χ0) is 12.4. The molecule has 1 aliphatic carbocycles. The number of hydrogen-bond donors (Lipinski definition) is 2. The van der Waals surface area contributed by atoms with Crippen molar-refractivity contribution < 1.29 is 9.50 Å². The average molecular weight is 234 g/mol. The Hall–Kier alpha value is -1.60. The summed E-state index contributed by atoms with van der Waals surface area (Å²) in [5.41, 5.74) is 6.60. The van der Waals surface area contributed by atoms with Gasteiger partial charge in [-0.05, 0) is 30.9 Å². The van der Waals surface area contributed by atoms with Crippen molar-refractivity contribution in [2.24, 2.45) is 11.7 Å². The van der Waals surface area contributed by atoms with E-state index in [2.05, 4.69) is 0 Å². The van der Waals surface area contributed by atoms with Gasteiger partial charge in [0, 0.05) is 11.6 Å². The van der Waals surface area contributed by atoms with Gasteiger partial charge in [0.25, 0.3) is 0 Å². The zero-order valence-corrected chi connectivity index (χ0v) is 9.49. The zero-order valence-electron chi connectivity index (χ0n) is 9.49. The minimum atomic E-state index is -0.715. The van der Waals surface area contributed by atoms with Crippen LogP contribution in [0, 0.1) is 23.1 Å². The predicted octanol–water partition coefficient (Wildman–Crippen LogP) is 2.59. The molecule has 2 rings (SSSR count). The van der Waals surface area contributed by atoms with Crippen LogP contribution in [0.1, 0.15) is 42.9 Å². The summed E-state index contributed by atoms with van der Waals surface area (Å²) in [6.07, 6.45) is 4.16. The summed E-state index contributed by atoms with van der Waals surface area (Å²) in [7, 11) is 0. The number of phenolic OH excluding ortho intramolecular Hbond substituents is 1. The molecule has 0 bridgehead atoms. The number of nitriles is 1. The highest BCUT2D eigenvalue weighted by molar-refractivity contribution is 5.48. The summed E-state index contributed by atoms with van der Waals surface area (Å²) in [5, 5.41) is 18.7. The van der Waals surface area contributed by atoms with E-state index in [9.17, 15) is 9.50 Å². The van der Waals surface area contributed by atoms with E-state index in [0.29, 0.717) is 0 Å². The van der Waals surface area contributed by atoms with Crippen LogP contribution in [0.3, 0.4) is 0 Å². The van der Waals surface area contributed by atoms with E-state index in [1.165, 1.54) is 6.07 Å². The monoisotopic (exact) mass is 234 g/mol. The predicted molar refractivity (Wildman–Crippen MR) is 61.7 cm³/mol. The van der Waals surface area contributed by atoms with Crippen LogP contribution in [0.15, 0.2) is 12.1 Å². The van der Waals surface area contributed by atoms with Crippen LogP contribution in [-0.4, -0.2) is 5.11 Å². The van der Waals surface area contributed by atoms with E-state index >= 15 is 0 Å². The summed E-state index contributed by atoms with van der Waals surface area (Å²) in [6, 6.07) is 3.98. The van der Waals surface area contributed by atoms with Crippen LogP contribution < -0.4 is 5.73 Å². The second-order valence-electron chi connectivity index (χ2n) is 4.54. The maximum Gasteiger partial charge on any atom is 0.165 e. The number of nitrogens with two attached hydrogens (primary N) is 1. The summed E-state index contributed by atoms with van der Waals surface area (Å²) in [5.74, 6) is -0.953. The average Bonchev–Trinajstić information content (AvgIpc) is 2.85. The van der Waals surface area contributed by atoms with Crippen molar-refractivity contribution in [3.63, 3.8) is 0 Å². The third-order valence-corrected chi connectivity index (χ3v) is 3.53. The van der Waals surface area contributed by atoms with E-state index in [1.807, 2.05) is 6.07 Å². The maximum absolute atomic E-state index is 13.3. The third-order valence-electron chi connectivity index (χ3n) is 3.53. The first kappa shape index (κ1) is 11.9. The van der Waals surface area contributed by atoms with Crippen LogP contribution >= 0.6 is 0 Å². The number of benzene rings is 1. The van der Waals surface area contributed by atoms with Crippen molar-refractivity contribution in [3.8, 4) is 11.8 Å². The molecular weight excluding hydrogens is 219 g/mol. The van der Waals surface area contributed by atoms with Gasteiger partial charge < -0.3 is 10.8 Å². The van der Waals surface area contributed by atoms with Crippen molar-refractivity contribution >= 4 is 0 Å². The minimum absolute atomic E-state index is 0.231. The molecule has 1 aliphatic rings. The number of hydrogen-bond acceptors (Lipinski definition) is 3. The Bertz CT molecular complexity index is 461. The van der Waals surface area contributed by atoms with Gasteiger partial charge in [-0.25, -0.2) is 4.39 Å². The molecule has 0 heterocycles. The van der Waals surface area contributed by atoms with Gasteiger partial charge in [-0.15, -0.1) is 0 Å². The first-order valence-electron chi connectivity index (χ1n) is 5.82. The fourth-order valence-electron chi connectivity index (χ4n) is 2.57. The Kier molecular flexibility index (Phi) is 3.30. The molecule has 4 heteroatoms. The summed E-state index contributed by atoms with van der Waals surface area (Å²) < 4.78 is 13.3. The summed E-state index contributed by atoms with van der Waals surface area (Å²) in [4.78, 5) is 0. The number of phenols is 1. The van der Waals surface area contributed by atoms with E-state index in [1.54, 1.807) is 0 Å². The van der Waals surface area contributed by atoms with Gasteiger partial charge in [0.1, 0.15) is 0 Å². The fourth-order valence-corrected chi connectivity index (χ4v) is 2.57. The fraction of sp³-hybridized carbons (Fsp3) is 0.462. The highest BCUT2D eigenvalue weighted by atomic mass is 19.1. The van der Waals surface area contributed by atoms with E-state index < -0.39 is 17.6 Å². The van der Waals surface area contributed by atoms with Crippen molar-refractivity contribution in [2.75, 3.05) is 0 Å². The Labute approximate surface area is 99.7 Å². The number of nitrogens with zero attached hydrogens (tertiary/aromatic N) is 1. The van der Waals surface area contributed by atoms with Crippen molar-refractivity contribution in [2.45, 2.75) is 31.7 Å². The van der Waals surface area contributed by atoms with Crippen LogP contribution in [-0.2, 0) is 0 Å². The van der Waals surface area contributed by atoms with Gasteiger partial charge in [0.2, 0.25) is 0 Å². The van der Waals surface area contributed by atoms with Crippen molar-refractivity contribution in [3.05, 3.63) is 29.1 Å². The molecule has 1 atom stereocenters. The van der Waals surface area contributed by atoms with Crippen molar-refractivity contribution in [1.82, 2.24) is 0 Å². The lowest BCUT2D eigenvalue weighted by Crippen LogP contribution is -2.20. The molecule has 90 valence electrons. The van der Waals surface area contributed by atoms with Gasteiger partial charge in [-0.3, -0.25) is 0 Å². The first-order valence-corrected chi connectivity index (χ1v) is 5.82. The highest BCUT2D eigenvalue weighted by Crippen LogP contribution is 2.39. The Morgan fingerprint density at radius 1 is 1.41 bits per heavy atom. The molecule has 0 spiro atoms. The second-order valence-corrected chi connectivity index (χ2v) is 4.54. The maximum atomic E-state index is 13.3. The van der Waals surface area contributed by atoms with E-state index in [0.717, 1.165) is 31.7 Å². The SMILES string of the molecule is N#Cc1ccc(F)c(O)c1[C@@H](N)C1CCCC1. The largest absolute Gasteiger partial charge is 0.505 e. The first-order chi connectivity index (χ1) is 8.15. The molecule has 1 fully saturated rings. The second kappa shape index (κ2) is 4.72. The molecule has 17 heavy (non-hydrogen) atoms. The quantitative estimate of drug-likeness (QED) is 0.826. The van der Waals surface area contributed by atoms with Gasteiger partial charge in [0.05, 0.1) is 11.6 Å². The lowest BCUT2D eigenvalue weighted by Gasteiger charge is -2.21. The standard InChI is InChI=1S/C13H15FN2O/c14-10-6-5-9(7-15)11(13(10)17)12(16)8-3-1-2-4-8/h5-6,8,12,17H,1-4,16H2/t12-/m0/s1. The van der Waals surface area contributed by atoms with Crippen LogP contribution in [0.2, 0.25) is 0 Å². The minimum Gasteiger partial charge on any atom is -0.505 e. The number of aromatic hydroxyl groups is 1. The molecule has 1 saturated carbocycles. The molecule has 1 aromatic rings. The van der Waals surface area contributed by atoms with Crippen molar-refractivity contribution in [1.29, 1.82) is 5.26 Å². The Balaban J connectivity index is 2.42. The normalized spacial score (nSPS) is 17.9. The molecule has 0 unspecified atom stereocenters. The van der Waals surface area contributed by atoms with Gasteiger partial charge in [0.15, 0.2) is 11.6 Å². The van der Waals surface area contributed by atoms with Gasteiger partial charge in [-0.2, -0.15) is 5.26 Å². The Morgan fingerprint density at radius 2 is 2.06 bits per heavy atom. The molecule has 0 amide bonds. The summed E-state index contributed by atoms with van der Waals surface area (Å²) >= 11 is 0. The van der Waals surface area contributed by atoms with E-state index in [-0.39, 0.29) is 17.0 Å². The Morgan fingerprint density at radius 3 is 2.65 bits per heavy atom. The smallest absolute Gasteiger partial charge is 0.165 e. The molecule has 0 radical (unpaired) electrons. The van der Waals surface area contributed by atoms with E-state index in [4.69, 9.17) is 11.0 Å². The molecule has 3 N–H and O–H groups in total.